The molecule has 0 radical (unpaired) electrons. The Morgan fingerprint density at radius 3 is 1.02 bits per heavy atom. The Kier molecular flexibility index (Phi) is 15.1. The van der Waals surface area contributed by atoms with E-state index >= 15 is 0 Å². The van der Waals surface area contributed by atoms with Crippen LogP contribution in [0.5, 0.6) is 0 Å². The number of anilines is 4. The van der Waals surface area contributed by atoms with Gasteiger partial charge in [0.1, 0.15) is 0 Å². The number of carbonyl (C=O) groups is 2. The van der Waals surface area contributed by atoms with Crippen LogP contribution in [0.25, 0.3) is 0 Å². The summed E-state index contributed by atoms with van der Waals surface area (Å²) in [4.78, 5) is 28.0. The molecule has 0 fully saturated rings. The van der Waals surface area contributed by atoms with E-state index in [0.717, 1.165) is 49.6 Å². The average molecular weight is 748 g/mol. The van der Waals surface area contributed by atoms with Crippen LogP contribution in [0, 0.1) is 0 Å². The topological polar surface area (TPSA) is 126 Å². The van der Waals surface area contributed by atoms with E-state index < -0.39 is 18.1 Å². The predicted molar refractivity (Wildman–Crippen MR) is 205 cm³/mol. The Bertz CT molecular complexity index is 1840. The summed E-state index contributed by atoms with van der Waals surface area (Å²) < 4.78 is 37.6. The normalized spacial score (nSPS) is 11.8. The first-order valence-electron chi connectivity index (χ1n) is 15.4. The van der Waals surface area contributed by atoms with E-state index in [1.165, 1.54) is 22.3 Å². The number of hydrogen-bond donors (Lipinski definition) is 2. The maximum absolute atomic E-state index is 14.0. The maximum Gasteiger partial charge on any atom is 0.229 e. The van der Waals surface area contributed by atoms with Gasteiger partial charge in [-0.3, -0.25) is 9.59 Å². The molecule has 5 rings (SSSR count). The van der Waals surface area contributed by atoms with Gasteiger partial charge in [-0.25, -0.2) is 16.8 Å². The van der Waals surface area contributed by atoms with Crippen molar-refractivity contribution < 1.29 is 26.4 Å². The second-order valence-corrected chi connectivity index (χ2v) is 17.1. The van der Waals surface area contributed by atoms with Crippen molar-refractivity contribution in [2.45, 2.75) is 60.8 Å². The molecule has 0 unspecified atom stereocenters. The average Bonchev–Trinajstić information content (AvgIpc) is 3.02. The van der Waals surface area contributed by atoms with Gasteiger partial charge in [-0.1, -0.05) is 95.8 Å². The van der Waals surface area contributed by atoms with Crippen LogP contribution < -0.4 is 10.6 Å². The van der Waals surface area contributed by atoms with Crippen molar-refractivity contribution in [1.29, 1.82) is 0 Å². The highest BCUT2D eigenvalue weighted by Gasteiger charge is 2.34. The summed E-state index contributed by atoms with van der Waals surface area (Å²) in [5.74, 6) is -0.263. The van der Waals surface area contributed by atoms with Crippen LogP contribution in [-0.4, -0.2) is 40.9 Å². The molecule has 0 saturated heterocycles. The lowest BCUT2D eigenvalue weighted by Gasteiger charge is -2.26. The van der Waals surface area contributed by atoms with Crippen molar-refractivity contribution in [3.63, 3.8) is 0 Å². The Hall–Kier alpha value is -3.70. The molecule has 0 aliphatic heterocycles. The van der Waals surface area contributed by atoms with E-state index in [1.54, 1.807) is 12.1 Å². The van der Waals surface area contributed by atoms with Gasteiger partial charge in [-0.2, -0.15) is 0 Å². The van der Waals surface area contributed by atoms with Crippen molar-refractivity contribution in [1.82, 2.24) is 0 Å². The molecule has 0 amide bonds. The standard InChI is InChI=1S/C34H34N2O2.2CH3ClO2S.CH4/c1-5-21-13-11-14-22(6-2)31(21)35-27-19-20-28(36-32-23(7-3)15-12-16-24(32)8-4)30-29(27)33(37)25-17-9-10-18-26(25)34(30)38;2*1-5(2,3)4;/h9-20,35-36H,5-8H2,1-4H3;2*1H3;1H4. The smallest absolute Gasteiger partial charge is 0.229 e. The zero-order chi connectivity index (χ0) is 35.8. The molecule has 12 heteroatoms. The van der Waals surface area contributed by atoms with Crippen LogP contribution in [-0.2, 0) is 43.8 Å². The maximum atomic E-state index is 14.0. The number of ketones is 2. The molecule has 8 nitrogen and oxygen atoms in total. The molecule has 0 bridgehead atoms. The molecule has 1 aliphatic rings. The van der Waals surface area contributed by atoms with Crippen LogP contribution in [0.15, 0.2) is 72.8 Å². The van der Waals surface area contributed by atoms with Gasteiger partial charge in [0.15, 0.2) is 11.6 Å². The lowest BCUT2D eigenvalue weighted by atomic mass is 9.82. The van der Waals surface area contributed by atoms with Gasteiger partial charge in [-0.15, -0.1) is 0 Å². The van der Waals surface area contributed by atoms with E-state index in [1.807, 2.05) is 24.3 Å². The highest BCUT2D eigenvalue weighted by atomic mass is 35.7. The Morgan fingerprint density at radius 1 is 0.510 bits per heavy atom. The molecule has 2 N–H and O–H groups in total. The van der Waals surface area contributed by atoms with E-state index in [9.17, 15) is 26.4 Å². The number of rotatable bonds is 8. The van der Waals surface area contributed by atoms with E-state index in [0.29, 0.717) is 33.6 Å². The van der Waals surface area contributed by atoms with Crippen LogP contribution >= 0.6 is 21.4 Å². The summed E-state index contributed by atoms with van der Waals surface area (Å²) in [7, 11) is 2.62. The van der Waals surface area contributed by atoms with Gasteiger partial charge in [0.05, 0.1) is 35.0 Å². The van der Waals surface area contributed by atoms with Crippen LogP contribution in [0.1, 0.15) is 89.2 Å². The minimum Gasteiger partial charge on any atom is -0.354 e. The third-order valence-corrected chi connectivity index (χ3v) is 7.59. The number of para-hydroxylation sites is 2. The van der Waals surface area contributed by atoms with Crippen LogP contribution in [0.2, 0.25) is 0 Å². The lowest BCUT2D eigenvalue weighted by Crippen LogP contribution is -2.23. The number of nitrogens with one attached hydrogen (secondary N) is 2. The first kappa shape index (κ1) is 41.5. The Morgan fingerprint density at radius 2 is 0.776 bits per heavy atom. The zero-order valence-corrected chi connectivity index (χ0v) is 30.9. The fraction of sp³-hybridized carbons (Fsp3) is 0.297. The molecule has 0 spiro atoms. The zero-order valence-electron chi connectivity index (χ0n) is 27.8. The highest BCUT2D eigenvalue weighted by Crippen LogP contribution is 2.40. The van der Waals surface area contributed by atoms with Crippen molar-refractivity contribution in [2.75, 3.05) is 23.1 Å². The molecule has 0 heterocycles. The molecule has 264 valence electrons. The van der Waals surface area contributed by atoms with Crippen molar-refractivity contribution >= 4 is 73.8 Å². The fourth-order valence-corrected chi connectivity index (χ4v) is 5.51. The molecule has 4 aromatic rings. The van der Waals surface area contributed by atoms with E-state index in [4.69, 9.17) is 0 Å². The fourth-order valence-electron chi connectivity index (χ4n) is 5.51. The van der Waals surface area contributed by atoms with Crippen LogP contribution in [0.3, 0.4) is 0 Å². The van der Waals surface area contributed by atoms with Gasteiger partial charge < -0.3 is 10.6 Å². The third kappa shape index (κ3) is 11.2. The van der Waals surface area contributed by atoms with E-state index in [2.05, 4.69) is 96.1 Å². The van der Waals surface area contributed by atoms with Gasteiger partial charge in [-0.05, 0) is 60.1 Å². The number of halogens is 2. The molecule has 0 aromatic heterocycles. The summed E-state index contributed by atoms with van der Waals surface area (Å²) >= 11 is 0. The predicted octanol–water partition coefficient (Wildman–Crippen LogP) is 9.20. The number of aryl methyl sites for hydroxylation is 4. The second-order valence-electron chi connectivity index (χ2n) is 11.0. The summed E-state index contributed by atoms with van der Waals surface area (Å²) in [5.41, 5.74) is 9.84. The third-order valence-electron chi connectivity index (χ3n) is 7.59. The Balaban J connectivity index is 0.000000667. The lowest BCUT2D eigenvalue weighted by molar-refractivity contribution is 0.0980. The largest absolute Gasteiger partial charge is 0.354 e. The highest BCUT2D eigenvalue weighted by molar-refractivity contribution is 8.13. The molecular formula is C37H44Cl2N2O6S2. The quantitative estimate of drug-likeness (QED) is 0.151. The molecular weight excluding hydrogens is 703 g/mol. The first-order valence-corrected chi connectivity index (χ1v) is 20.9. The number of hydrogen-bond acceptors (Lipinski definition) is 8. The number of benzene rings is 4. The molecule has 1 aliphatic carbocycles. The van der Waals surface area contributed by atoms with Crippen molar-refractivity contribution in [2.24, 2.45) is 0 Å². The monoisotopic (exact) mass is 746 g/mol. The first-order chi connectivity index (χ1) is 22.5. The van der Waals surface area contributed by atoms with E-state index in [-0.39, 0.29) is 19.0 Å². The van der Waals surface area contributed by atoms with Gasteiger partial charge in [0.25, 0.3) is 0 Å². The molecule has 49 heavy (non-hydrogen) atoms. The van der Waals surface area contributed by atoms with Crippen molar-refractivity contribution in [3.8, 4) is 0 Å². The summed E-state index contributed by atoms with van der Waals surface area (Å²) in [6, 6.07) is 23.6. The summed E-state index contributed by atoms with van der Waals surface area (Å²) in [5, 5.41) is 7.18. The Labute approximate surface area is 300 Å². The van der Waals surface area contributed by atoms with Crippen molar-refractivity contribution in [3.05, 3.63) is 117 Å². The summed E-state index contributed by atoms with van der Waals surface area (Å²) in [6.07, 6.45) is 5.30. The molecule has 0 saturated carbocycles. The minimum absolute atomic E-state index is 0. The molecule has 4 aromatic carbocycles. The van der Waals surface area contributed by atoms with Crippen LogP contribution in [0.4, 0.5) is 22.7 Å². The number of fused-ring (bicyclic) bond motifs is 2. The summed E-state index contributed by atoms with van der Waals surface area (Å²) in [6.45, 7) is 8.52. The molecule has 0 atom stereocenters. The second kappa shape index (κ2) is 17.8. The van der Waals surface area contributed by atoms with Gasteiger partial charge in [0, 0.05) is 43.9 Å². The van der Waals surface area contributed by atoms with Gasteiger partial charge >= 0.3 is 0 Å². The SMILES string of the molecule is C.CCc1cccc(CC)c1Nc1ccc(Nc2c(CC)cccc2CC)c2c1C(=O)c1ccccc1C2=O.CS(=O)(=O)Cl.CS(=O)(=O)Cl. The number of carbonyl (C=O) groups excluding carboxylic acids is 2. The minimum atomic E-state index is -3.19. The van der Waals surface area contributed by atoms with Gasteiger partial charge in [0.2, 0.25) is 18.1 Å².